The second-order valence-electron chi connectivity index (χ2n) is 2.26. The summed E-state index contributed by atoms with van der Waals surface area (Å²) in [6.07, 6.45) is 4.14. The maximum absolute atomic E-state index is 10.6. The lowest BCUT2D eigenvalue weighted by Crippen LogP contribution is -2.01. The highest BCUT2D eigenvalue weighted by Gasteiger charge is 1.98. The number of carbonyl (C=O) groups excluding carboxylic acids is 1. The zero-order valence-corrected chi connectivity index (χ0v) is 9.93. The molecule has 0 N–H and O–H groups in total. The third-order valence-electron chi connectivity index (χ3n) is 1.23. The van der Waals surface area contributed by atoms with Gasteiger partial charge in [0.1, 0.15) is 0 Å². The highest BCUT2D eigenvalue weighted by Crippen LogP contribution is 2.15. The molecule has 0 aromatic heterocycles. The topological polar surface area (TPSA) is 26.3 Å². The number of hydrogen-bond donors (Lipinski definition) is 0. The van der Waals surface area contributed by atoms with E-state index in [1.165, 1.54) is 6.08 Å². The van der Waals surface area contributed by atoms with Crippen molar-refractivity contribution in [1.29, 1.82) is 0 Å². The van der Waals surface area contributed by atoms with Crippen LogP contribution in [0.4, 0.5) is 0 Å². The van der Waals surface area contributed by atoms with Gasteiger partial charge in [-0.1, -0.05) is 38.4 Å². The molecule has 0 saturated carbocycles. The molecule has 0 bridgehead atoms. The predicted octanol–water partition coefficient (Wildman–Crippen LogP) is 3.00. The summed E-state index contributed by atoms with van der Waals surface area (Å²) in [6, 6.07) is 0. The third-order valence-corrected chi connectivity index (χ3v) is 2.14. The zero-order valence-electron chi connectivity index (χ0n) is 6.76. The number of esters is 1. The summed E-state index contributed by atoms with van der Waals surface area (Å²) in [7, 11) is 0. The van der Waals surface area contributed by atoms with Crippen molar-refractivity contribution in [3.63, 3.8) is 0 Å². The lowest BCUT2D eigenvalue weighted by molar-refractivity contribution is -0.137. The fourth-order valence-electron chi connectivity index (χ4n) is 0.632. The van der Waals surface area contributed by atoms with Gasteiger partial charge in [0.2, 0.25) is 0 Å². The standard InChI is InChI=1S/C8H12Br2O2/c1-2-8(11)12-6-4-3-5-7(9)10/h2,7H,1,3-6H2. The fraction of sp³-hybridized carbons (Fsp3) is 0.625. The van der Waals surface area contributed by atoms with Crippen molar-refractivity contribution in [3.05, 3.63) is 12.7 Å². The molecule has 0 radical (unpaired) electrons. The molecule has 0 atom stereocenters. The van der Waals surface area contributed by atoms with E-state index in [4.69, 9.17) is 4.74 Å². The van der Waals surface area contributed by atoms with Crippen molar-refractivity contribution in [2.24, 2.45) is 0 Å². The van der Waals surface area contributed by atoms with Crippen molar-refractivity contribution >= 4 is 37.8 Å². The molecule has 0 aromatic carbocycles. The van der Waals surface area contributed by atoms with E-state index >= 15 is 0 Å². The quantitative estimate of drug-likeness (QED) is 0.326. The molecule has 0 aliphatic rings. The van der Waals surface area contributed by atoms with Crippen LogP contribution < -0.4 is 0 Å². The molecule has 0 amide bonds. The Morgan fingerprint density at radius 2 is 2.17 bits per heavy atom. The van der Waals surface area contributed by atoms with E-state index in [0.29, 0.717) is 10.3 Å². The Hall–Kier alpha value is 0.170. The average molecular weight is 300 g/mol. The second-order valence-corrected chi connectivity index (χ2v) is 5.70. The normalized spacial score (nSPS) is 9.92. The number of hydrogen-bond acceptors (Lipinski definition) is 2. The molecule has 4 heteroatoms. The first-order valence-corrected chi connectivity index (χ1v) is 5.57. The van der Waals surface area contributed by atoms with Crippen molar-refractivity contribution in [2.45, 2.75) is 23.0 Å². The molecule has 0 aromatic rings. The molecule has 2 nitrogen and oxygen atoms in total. The van der Waals surface area contributed by atoms with Crippen LogP contribution in [0.3, 0.4) is 0 Å². The van der Waals surface area contributed by atoms with Gasteiger partial charge in [0, 0.05) is 6.08 Å². The van der Waals surface area contributed by atoms with Crippen LogP contribution in [0.5, 0.6) is 0 Å². The van der Waals surface area contributed by atoms with Gasteiger partial charge in [-0.2, -0.15) is 0 Å². The van der Waals surface area contributed by atoms with Crippen molar-refractivity contribution in [2.75, 3.05) is 6.61 Å². The molecule has 0 aliphatic heterocycles. The summed E-state index contributed by atoms with van der Waals surface area (Å²) in [4.78, 5) is 10.6. The third kappa shape index (κ3) is 8.27. The molecular formula is C8H12Br2O2. The monoisotopic (exact) mass is 298 g/mol. The van der Waals surface area contributed by atoms with E-state index < -0.39 is 0 Å². The molecule has 0 saturated heterocycles. The first kappa shape index (κ1) is 12.2. The molecule has 70 valence electrons. The molecule has 0 aliphatic carbocycles. The summed E-state index contributed by atoms with van der Waals surface area (Å²) >= 11 is 6.72. The van der Waals surface area contributed by atoms with Crippen LogP contribution in [0.15, 0.2) is 12.7 Å². The minimum atomic E-state index is -0.343. The fourth-order valence-corrected chi connectivity index (χ4v) is 1.28. The molecule has 12 heavy (non-hydrogen) atoms. The predicted molar refractivity (Wildman–Crippen MR) is 56.6 cm³/mol. The first-order chi connectivity index (χ1) is 5.66. The van der Waals surface area contributed by atoms with Crippen molar-refractivity contribution in [1.82, 2.24) is 0 Å². The lowest BCUT2D eigenvalue weighted by Gasteiger charge is -2.02. The van der Waals surface area contributed by atoms with Crippen LogP contribution in [0.1, 0.15) is 19.3 Å². The number of halogens is 2. The Balaban J connectivity index is 3.11. The zero-order chi connectivity index (χ0) is 9.40. The van der Waals surface area contributed by atoms with Gasteiger partial charge >= 0.3 is 5.97 Å². The Morgan fingerprint density at radius 1 is 1.50 bits per heavy atom. The van der Waals surface area contributed by atoms with E-state index in [1.54, 1.807) is 0 Å². The maximum atomic E-state index is 10.6. The highest BCUT2D eigenvalue weighted by molar-refractivity contribution is 9.24. The second kappa shape index (κ2) is 7.80. The maximum Gasteiger partial charge on any atom is 0.330 e. The number of carbonyl (C=O) groups is 1. The first-order valence-electron chi connectivity index (χ1n) is 3.74. The summed E-state index contributed by atoms with van der Waals surface area (Å²) in [5.41, 5.74) is 0. The van der Waals surface area contributed by atoms with Gasteiger partial charge in [-0.05, 0) is 19.3 Å². The summed E-state index contributed by atoms with van der Waals surface area (Å²) in [6.45, 7) is 3.78. The van der Waals surface area contributed by atoms with Crippen LogP contribution in [0.2, 0.25) is 0 Å². The van der Waals surface area contributed by atoms with Crippen LogP contribution in [0, 0.1) is 0 Å². The van der Waals surface area contributed by atoms with Gasteiger partial charge in [-0.3, -0.25) is 0 Å². The smallest absolute Gasteiger partial charge is 0.330 e. The van der Waals surface area contributed by atoms with E-state index in [0.717, 1.165) is 19.3 Å². The van der Waals surface area contributed by atoms with Crippen molar-refractivity contribution in [3.8, 4) is 0 Å². The van der Waals surface area contributed by atoms with Gasteiger partial charge in [-0.15, -0.1) is 0 Å². The summed E-state index contributed by atoms with van der Waals surface area (Å²) < 4.78 is 5.15. The van der Waals surface area contributed by atoms with E-state index in [1.807, 2.05) is 0 Å². The summed E-state index contributed by atoms with van der Waals surface area (Å²) in [5.74, 6) is -0.343. The Bertz CT molecular complexity index is 146. The average Bonchev–Trinajstić information content (AvgIpc) is 2.03. The van der Waals surface area contributed by atoms with E-state index in [-0.39, 0.29) is 5.97 Å². The molecule has 0 spiro atoms. The SMILES string of the molecule is C=CC(=O)OCCCCC(Br)Br. The Labute approximate surface area is 89.6 Å². The van der Waals surface area contributed by atoms with Gasteiger partial charge in [-0.25, -0.2) is 4.79 Å². The van der Waals surface area contributed by atoms with E-state index in [9.17, 15) is 4.79 Å². The number of rotatable bonds is 6. The van der Waals surface area contributed by atoms with Gasteiger partial charge in [0.05, 0.1) is 10.3 Å². The Morgan fingerprint density at radius 3 is 2.67 bits per heavy atom. The minimum Gasteiger partial charge on any atom is -0.463 e. The van der Waals surface area contributed by atoms with Crippen molar-refractivity contribution < 1.29 is 9.53 Å². The molecule has 0 rings (SSSR count). The van der Waals surface area contributed by atoms with Crippen LogP contribution in [-0.2, 0) is 9.53 Å². The largest absolute Gasteiger partial charge is 0.463 e. The van der Waals surface area contributed by atoms with Gasteiger partial charge < -0.3 is 4.74 Å². The van der Waals surface area contributed by atoms with Gasteiger partial charge in [0.25, 0.3) is 0 Å². The van der Waals surface area contributed by atoms with E-state index in [2.05, 4.69) is 38.4 Å². The number of alkyl halides is 2. The molecule has 0 heterocycles. The van der Waals surface area contributed by atoms with Crippen LogP contribution in [-0.4, -0.2) is 16.3 Å². The number of ether oxygens (including phenoxy) is 1. The number of unbranched alkanes of at least 4 members (excludes halogenated alkanes) is 1. The van der Waals surface area contributed by atoms with Crippen LogP contribution in [0.25, 0.3) is 0 Å². The molecular weight excluding hydrogens is 288 g/mol. The molecule has 0 fully saturated rings. The minimum absolute atomic E-state index is 0.343. The Kier molecular flexibility index (Phi) is 7.91. The lowest BCUT2D eigenvalue weighted by atomic mass is 10.3. The molecule has 0 unspecified atom stereocenters. The van der Waals surface area contributed by atoms with Gasteiger partial charge in [0.15, 0.2) is 0 Å². The van der Waals surface area contributed by atoms with Crippen LogP contribution >= 0.6 is 31.9 Å². The highest BCUT2D eigenvalue weighted by atomic mass is 79.9. The summed E-state index contributed by atoms with van der Waals surface area (Å²) in [5, 5.41) is 0.